The second-order valence-corrected chi connectivity index (χ2v) is 6.14. The van der Waals surface area contributed by atoms with Gasteiger partial charge in [0.05, 0.1) is 6.33 Å². The molecule has 1 aliphatic heterocycles. The van der Waals surface area contributed by atoms with Crippen molar-refractivity contribution in [2.45, 2.75) is 18.4 Å². The van der Waals surface area contributed by atoms with Gasteiger partial charge in [-0.05, 0) is 12.8 Å². The fourth-order valence-electron chi connectivity index (χ4n) is 3.17. The van der Waals surface area contributed by atoms with Crippen LogP contribution < -0.4 is 5.32 Å². The molecule has 9 heteroatoms. The minimum atomic E-state index is -0.794. The van der Waals surface area contributed by atoms with Gasteiger partial charge in [-0.25, -0.2) is 4.98 Å². The van der Waals surface area contributed by atoms with E-state index in [4.69, 9.17) is 4.74 Å². The molecule has 9 nitrogen and oxygen atoms in total. The average molecular weight is 346 g/mol. The van der Waals surface area contributed by atoms with E-state index in [1.165, 1.54) is 7.11 Å². The number of piperidine rings is 1. The number of methoxy groups -OCH3 is 1. The Bertz CT molecular complexity index is 731. The molecular formula is C16H22N6O3. The van der Waals surface area contributed by atoms with Crippen LogP contribution in [0.3, 0.4) is 0 Å². The van der Waals surface area contributed by atoms with Gasteiger partial charge >= 0.3 is 0 Å². The maximum absolute atomic E-state index is 13.1. The number of aryl methyl sites for hydroxylation is 1. The van der Waals surface area contributed by atoms with E-state index in [0.29, 0.717) is 31.7 Å². The van der Waals surface area contributed by atoms with Crippen molar-refractivity contribution in [2.75, 3.05) is 32.1 Å². The maximum Gasteiger partial charge on any atom is 0.251 e. The molecule has 134 valence electrons. The molecule has 1 fully saturated rings. The molecule has 0 radical (unpaired) electrons. The molecular weight excluding hydrogens is 324 g/mol. The number of carbonyl (C=O) groups is 2. The molecule has 1 N–H and O–H groups in total. The largest absolute Gasteiger partial charge is 0.375 e. The van der Waals surface area contributed by atoms with Gasteiger partial charge in [0, 0.05) is 51.9 Å². The Kier molecular flexibility index (Phi) is 4.84. The zero-order chi connectivity index (χ0) is 17.9. The normalized spacial score (nSPS) is 16.6. The van der Waals surface area contributed by atoms with Gasteiger partial charge < -0.3 is 19.5 Å². The van der Waals surface area contributed by atoms with Gasteiger partial charge in [0.1, 0.15) is 12.1 Å². The zero-order valence-electron chi connectivity index (χ0n) is 14.4. The Morgan fingerprint density at radius 3 is 2.64 bits per heavy atom. The monoisotopic (exact) mass is 346 g/mol. The quantitative estimate of drug-likeness (QED) is 0.836. The highest BCUT2D eigenvalue weighted by Crippen LogP contribution is 2.31. The summed E-state index contributed by atoms with van der Waals surface area (Å²) in [5.41, 5.74) is -0.794. The van der Waals surface area contributed by atoms with E-state index in [1.54, 1.807) is 47.6 Å². The van der Waals surface area contributed by atoms with Gasteiger partial charge in [0.2, 0.25) is 5.91 Å². The van der Waals surface area contributed by atoms with Crippen LogP contribution in [0.1, 0.15) is 12.8 Å². The van der Waals surface area contributed by atoms with E-state index in [1.807, 2.05) is 4.57 Å². The summed E-state index contributed by atoms with van der Waals surface area (Å²) in [5.74, 6) is 0.291. The summed E-state index contributed by atoms with van der Waals surface area (Å²) in [5, 5.41) is 7.09. The number of nitrogens with zero attached hydrogens (tertiary/aromatic N) is 5. The average Bonchev–Trinajstić information content (AvgIpc) is 3.27. The number of carbonyl (C=O) groups excluding carboxylic acids is 2. The lowest BCUT2D eigenvalue weighted by molar-refractivity contribution is -0.140. The van der Waals surface area contributed by atoms with Gasteiger partial charge in [0.15, 0.2) is 5.82 Å². The van der Waals surface area contributed by atoms with E-state index < -0.39 is 5.54 Å². The maximum atomic E-state index is 13.1. The van der Waals surface area contributed by atoms with Crippen LogP contribution in [0.25, 0.3) is 0 Å². The van der Waals surface area contributed by atoms with Crippen molar-refractivity contribution >= 4 is 17.6 Å². The Balaban J connectivity index is 1.79. The number of aromatic nitrogens is 4. The number of ether oxygens (including phenoxy) is 1. The fourth-order valence-corrected chi connectivity index (χ4v) is 3.17. The summed E-state index contributed by atoms with van der Waals surface area (Å²) in [6, 6.07) is 1.75. The Labute approximate surface area is 145 Å². The Morgan fingerprint density at radius 1 is 1.32 bits per heavy atom. The lowest BCUT2D eigenvalue weighted by Crippen LogP contribution is -2.54. The van der Waals surface area contributed by atoms with E-state index in [0.717, 1.165) is 0 Å². The smallest absolute Gasteiger partial charge is 0.251 e. The summed E-state index contributed by atoms with van der Waals surface area (Å²) in [7, 11) is 3.29. The first kappa shape index (κ1) is 17.2. The van der Waals surface area contributed by atoms with Crippen LogP contribution in [0.15, 0.2) is 31.0 Å². The van der Waals surface area contributed by atoms with Crippen molar-refractivity contribution in [1.82, 2.24) is 24.2 Å². The molecule has 25 heavy (non-hydrogen) atoms. The third-order valence-electron chi connectivity index (χ3n) is 4.59. The van der Waals surface area contributed by atoms with Crippen LogP contribution in [0.5, 0.6) is 0 Å². The molecule has 3 rings (SSSR count). The first-order valence-corrected chi connectivity index (χ1v) is 8.11. The molecule has 3 heterocycles. The van der Waals surface area contributed by atoms with E-state index in [-0.39, 0.29) is 18.4 Å². The highest BCUT2D eigenvalue weighted by atomic mass is 16.5. The molecule has 0 unspecified atom stereocenters. The zero-order valence-corrected chi connectivity index (χ0v) is 14.4. The number of amides is 2. The highest BCUT2D eigenvalue weighted by molar-refractivity contribution is 5.96. The van der Waals surface area contributed by atoms with Gasteiger partial charge in [-0.15, -0.1) is 0 Å². The molecule has 0 aliphatic carbocycles. The predicted molar refractivity (Wildman–Crippen MR) is 89.7 cm³/mol. The molecule has 0 spiro atoms. The molecule has 0 atom stereocenters. The Morgan fingerprint density at radius 2 is 2.08 bits per heavy atom. The second-order valence-electron chi connectivity index (χ2n) is 6.14. The number of imidazole rings is 1. The summed E-state index contributed by atoms with van der Waals surface area (Å²) in [6.45, 7) is 1.02. The topological polar surface area (TPSA) is 94.3 Å². The standard InChI is InChI=1S/C16H22N6O3/c1-20-7-3-13(19-20)18-15(24)16(22-10-6-17-12-22)4-8-21(9-5-16)14(23)11-25-2/h3,6-7,10,12H,4-5,8-9,11H2,1-2H3,(H,18,19,24). The summed E-state index contributed by atoms with van der Waals surface area (Å²) in [6.07, 6.45) is 7.84. The summed E-state index contributed by atoms with van der Waals surface area (Å²) >= 11 is 0. The van der Waals surface area contributed by atoms with Crippen molar-refractivity contribution < 1.29 is 14.3 Å². The third-order valence-corrected chi connectivity index (χ3v) is 4.59. The summed E-state index contributed by atoms with van der Waals surface area (Å²) < 4.78 is 8.37. The van der Waals surface area contributed by atoms with E-state index in [9.17, 15) is 9.59 Å². The number of nitrogens with one attached hydrogen (secondary N) is 1. The molecule has 0 aromatic carbocycles. The number of anilines is 1. The van der Waals surface area contributed by atoms with Crippen molar-refractivity contribution in [1.29, 1.82) is 0 Å². The second kappa shape index (κ2) is 7.06. The minimum absolute atomic E-state index is 0.0538. The predicted octanol–water partition coefficient (Wildman–Crippen LogP) is 0.219. The van der Waals surface area contributed by atoms with Crippen molar-refractivity contribution in [2.24, 2.45) is 7.05 Å². The molecule has 0 saturated carbocycles. The van der Waals surface area contributed by atoms with Crippen LogP contribution >= 0.6 is 0 Å². The summed E-state index contributed by atoms with van der Waals surface area (Å²) in [4.78, 5) is 30.9. The fraction of sp³-hybridized carbons (Fsp3) is 0.500. The van der Waals surface area contributed by atoms with Crippen LogP contribution in [0, 0.1) is 0 Å². The van der Waals surface area contributed by atoms with Gasteiger partial charge in [0.25, 0.3) is 5.91 Å². The van der Waals surface area contributed by atoms with E-state index in [2.05, 4.69) is 15.4 Å². The minimum Gasteiger partial charge on any atom is -0.375 e. The lowest BCUT2D eigenvalue weighted by atomic mass is 9.86. The van der Waals surface area contributed by atoms with Gasteiger partial charge in [-0.2, -0.15) is 5.10 Å². The van der Waals surface area contributed by atoms with Crippen molar-refractivity contribution in [3.63, 3.8) is 0 Å². The lowest BCUT2D eigenvalue weighted by Gasteiger charge is -2.41. The van der Waals surface area contributed by atoms with E-state index >= 15 is 0 Å². The number of likely N-dealkylation sites (tertiary alicyclic amines) is 1. The SMILES string of the molecule is COCC(=O)N1CCC(C(=O)Nc2ccn(C)n2)(n2ccnc2)CC1. The van der Waals surface area contributed by atoms with Crippen LogP contribution in [0.2, 0.25) is 0 Å². The number of hydrogen-bond donors (Lipinski definition) is 1. The first-order chi connectivity index (χ1) is 12.0. The van der Waals surface area contributed by atoms with Crippen LogP contribution in [-0.2, 0) is 26.9 Å². The van der Waals surface area contributed by atoms with Crippen molar-refractivity contribution in [3.8, 4) is 0 Å². The molecule has 1 aliphatic rings. The number of hydrogen-bond acceptors (Lipinski definition) is 5. The van der Waals surface area contributed by atoms with Crippen LogP contribution in [0.4, 0.5) is 5.82 Å². The van der Waals surface area contributed by atoms with Crippen molar-refractivity contribution in [3.05, 3.63) is 31.0 Å². The molecule has 2 amide bonds. The van der Waals surface area contributed by atoms with Gasteiger partial charge in [-0.3, -0.25) is 14.3 Å². The molecule has 2 aromatic rings. The molecule has 0 bridgehead atoms. The third kappa shape index (κ3) is 3.41. The highest BCUT2D eigenvalue weighted by Gasteiger charge is 2.44. The van der Waals surface area contributed by atoms with Crippen LogP contribution in [-0.4, -0.2) is 62.9 Å². The van der Waals surface area contributed by atoms with Gasteiger partial charge in [-0.1, -0.05) is 0 Å². The molecule has 1 saturated heterocycles. The number of rotatable bonds is 5. The molecule has 2 aromatic heterocycles. The first-order valence-electron chi connectivity index (χ1n) is 8.11. The Hall–Kier alpha value is -2.68.